The molecule has 1 N–H and O–H groups in total. The second-order valence-corrected chi connectivity index (χ2v) is 10.4. The maximum Gasteiger partial charge on any atom is 0.301 e. The Balaban J connectivity index is 1.46. The van der Waals surface area contributed by atoms with E-state index in [1.807, 2.05) is 0 Å². The molecule has 1 aliphatic heterocycles. The zero-order chi connectivity index (χ0) is 22.1. The van der Waals surface area contributed by atoms with Gasteiger partial charge in [0.1, 0.15) is 5.82 Å². The molecule has 0 aromatic heterocycles. The van der Waals surface area contributed by atoms with Gasteiger partial charge in [0.05, 0.1) is 0 Å². The molecule has 1 heterocycles. The highest BCUT2D eigenvalue weighted by Crippen LogP contribution is 2.42. The topological polar surface area (TPSA) is 49.4 Å². The third kappa shape index (κ3) is 4.17. The molecule has 2 aliphatic rings. The van der Waals surface area contributed by atoms with Gasteiger partial charge < -0.3 is 0 Å². The van der Waals surface area contributed by atoms with Crippen LogP contribution in [0, 0.1) is 11.7 Å². The number of aryl methyl sites for hydroxylation is 2. The molecule has 3 aromatic carbocycles. The van der Waals surface area contributed by atoms with Gasteiger partial charge in [0, 0.05) is 24.7 Å². The summed E-state index contributed by atoms with van der Waals surface area (Å²) < 4.78 is 43.7. The SMILES string of the molecule is O=S(=O)(Nc1ccc(F)cc1)N1CCCC(C2c3ccccc3CCc3ccccc32)C1. The largest absolute Gasteiger partial charge is 0.301 e. The molecule has 5 rings (SSSR count). The van der Waals surface area contributed by atoms with E-state index in [1.165, 1.54) is 46.5 Å². The van der Waals surface area contributed by atoms with E-state index in [4.69, 9.17) is 0 Å². The van der Waals surface area contributed by atoms with Crippen LogP contribution in [-0.4, -0.2) is 25.8 Å². The fraction of sp³-hybridized carbons (Fsp3) is 0.308. The van der Waals surface area contributed by atoms with Gasteiger partial charge in [-0.3, -0.25) is 4.72 Å². The smallest absolute Gasteiger partial charge is 0.271 e. The van der Waals surface area contributed by atoms with E-state index in [-0.39, 0.29) is 11.8 Å². The van der Waals surface area contributed by atoms with Crippen molar-refractivity contribution in [3.8, 4) is 0 Å². The van der Waals surface area contributed by atoms with Crippen LogP contribution in [0.5, 0.6) is 0 Å². The lowest BCUT2D eigenvalue weighted by Crippen LogP contribution is -2.44. The number of fused-ring (bicyclic) bond motifs is 2. The Kier molecular flexibility index (Phi) is 5.74. The van der Waals surface area contributed by atoms with Crippen LogP contribution >= 0.6 is 0 Å². The van der Waals surface area contributed by atoms with Gasteiger partial charge in [-0.2, -0.15) is 12.7 Å². The number of nitrogens with one attached hydrogen (secondary N) is 1. The first kappa shape index (κ1) is 21.2. The van der Waals surface area contributed by atoms with Crippen molar-refractivity contribution in [1.29, 1.82) is 0 Å². The van der Waals surface area contributed by atoms with Crippen LogP contribution in [0.4, 0.5) is 10.1 Å². The Hall–Kier alpha value is -2.70. The molecule has 0 radical (unpaired) electrons. The number of benzene rings is 3. The minimum atomic E-state index is -3.72. The third-order valence-corrected chi connectivity index (χ3v) is 8.27. The molecule has 166 valence electrons. The number of hydrogen-bond acceptors (Lipinski definition) is 2. The Morgan fingerprint density at radius 2 is 1.44 bits per heavy atom. The number of rotatable bonds is 4. The average Bonchev–Trinajstić information content (AvgIpc) is 2.97. The molecule has 6 heteroatoms. The Labute approximate surface area is 189 Å². The van der Waals surface area contributed by atoms with Crippen LogP contribution in [0.3, 0.4) is 0 Å². The molecule has 4 nitrogen and oxygen atoms in total. The quantitative estimate of drug-likeness (QED) is 0.599. The van der Waals surface area contributed by atoms with E-state index in [9.17, 15) is 12.8 Å². The van der Waals surface area contributed by atoms with Crippen LogP contribution in [0.1, 0.15) is 41.0 Å². The summed E-state index contributed by atoms with van der Waals surface area (Å²) in [5.41, 5.74) is 5.75. The minimum Gasteiger partial charge on any atom is -0.271 e. The van der Waals surface area contributed by atoms with Crippen molar-refractivity contribution in [2.75, 3.05) is 17.8 Å². The van der Waals surface area contributed by atoms with E-state index in [2.05, 4.69) is 53.3 Å². The molecular weight excluding hydrogens is 423 g/mol. The molecule has 1 unspecified atom stereocenters. The summed E-state index contributed by atoms with van der Waals surface area (Å²) >= 11 is 0. The summed E-state index contributed by atoms with van der Waals surface area (Å²) in [7, 11) is -3.72. The van der Waals surface area contributed by atoms with Gasteiger partial charge >= 0.3 is 10.2 Å². The van der Waals surface area contributed by atoms with Crippen molar-refractivity contribution in [1.82, 2.24) is 4.31 Å². The first-order valence-electron chi connectivity index (χ1n) is 11.2. The van der Waals surface area contributed by atoms with E-state index >= 15 is 0 Å². The van der Waals surface area contributed by atoms with Crippen molar-refractivity contribution in [2.45, 2.75) is 31.6 Å². The molecule has 32 heavy (non-hydrogen) atoms. The number of nitrogens with zero attached hydrogens (tertiary/aromatic N) is 1. The van der Waals surface area contributed by atoms with Crippen molar-refractivity contribution in [2.24, 2.45) is 5.92 Å². The summed E-state index contributed by atoms with van der Waals surface area (Å²) in [6.07, 6.45) is 3.81. The van der Waals surface area contributed by atoms with E-state index in [0.717, 1.165) is 25.7 Å². The molecule has 0 amide bonds. The molecule has 3 aromatic rings. The van der Waals surface area contributed by atoms with Gasteiger partial charge in [0.25, 0.3) is 0 Å². The second kappa shape index (κ2) is 8.68. The predicted molar refractivity (Wildman–Crippen MR) is 125 cm³/mol. The fourth-order valence-corrected chi connectivity index (χ4v) is 6.59. The summed E-state index contributed by atoms with van der Waals surface area (Å²) in [5.74, 6) is -0.0284. The number of piperidine rings is 1. The van der Waals surface area contributed by atoms with E-state index in [1.54, 1.807) is 4.31 Å². The molecule has 1 saturated heterocycles. The van der Waals surface area contributed by atoms with Crippen molar-refractivity contribution in [3.63, 3.8) is 0 Å². The highest BCUT2D eigenvalue weighted by atomic mass is 32.2. The second-order valence-electron chi connectivity index (χ2n) is 8.75. The third-order valence-electron chi connectivity index (χ3n) is 6.77. The summed E-state index contributed by atoms with van der Waals surface area (Å²) in [5, 5.41) is 0. The molecule has 1 aliphatic carbocycles. The standard InChI is InChI=1S/C26H27FN2O2S/c27-22-13-15-23(16-14-22)28-32(30,31)29-17-5-8-21(18-29)26-24-9-3-1-6-19(24)11-12-20-7-2-4-10-25(20)26/h1-4,6-7,9-10,13-16,21,26,28H,5,8,11-12,17-18H2. The average molecular weight is 451 g/mol. The normalized spacial score (nSPS) is 19.6. The molecule has 0 bridgehead atoms. The van der Waals surface area contributed by atoms with E-state index < -0.39 is 16.0 Å². The molecule has 0 saturated carbocycles. The lowest BCUT2D eigenvalue weighted by atomic mass is 9.76. The number of anilines is 1. The van der Waals surface area contributed by atoms with Crippen molar-refractivity contribution >= 4 is 15.9 Å². The van der Waals surface area contributed by atoms with Crippen LogP contribution in [0.15, 0.2) is 72.8 Å². The lowest BCUT2D eigenvalue weighted by molar-refractivity contribution is 0.249. The summed E-state index contributed by atoms with van der Waals surface area (Å²) in [4.78, 5) is 0. The number of halogens is 1. The van der Waals surface area contributed by atoms with E-state index in [0.29, 0.717) is 18.8 Å². The zero-order valence-electron chi connectivity index (χ0n) is 17.9. The van der Waals surface area contributed by atoms with Crippen LogP contribution in [0.25, 0.3) is 0 Å². The van der Waals surface area contributed by atoms with Gasteiger partial charge in [0.15, 0.2) is 0 Å². The Morgan fingerprint density at radius 1 is 0.844 bits per heavy atom. The molecule has 1 atom stereocenters. The number of hydrogen-bond donors (Lipinski definition) is 1. The first-order valence-corrected chi connectivity index (χ1v) is 12.6. The summed E-state index contributed by atoms with van der Waals surface area (Å²) in [6.45, 7) is 0.951. The van der Waals surface area contributed by atoms with Gasteiger partial charge in [-0.1, -0.05) is 48.5 Å². The lowest BCUT2D eigenvalue weighted by Gasteiger charge is -2.37. The highest BCUT2D eigenvalue weighted by molar-refractivity contribution is 7.90. The van der Waals surface area contributed by atoms with Crippen LogP contribution in [-0.2, 0) is 23.1 Å². The van der Waals surface area contributed by atoms with Gasteiger partial charge in [-0.25, -0.2) is 4.39 Å². The Morgan fingerprint density at radius 3 is 2.06 bits per heavy atom. The molecular formula is C26H27FN2O2S. The predicted octanol–water partition coefficient (Wildman–Crippen LogP) is 5.13. The van der Waals surface area contributed by atoms with Gasteiger partial charge in [-0.15, -0.1) is 0 Å². The zero-order valence-corrected chi connectivity index (χ0v) is 18.7. The van der Waals surface area contributed by atoms with Crippen LogP contribution in [0.2, 0.25) is 0 Å². The maximum atomic E-state index is 13.2. The molecule has 0 spiro atoms. The van der Waals surface area contributed by atoms with Crippen molar-refractivity contribution < 1.29 is 12.8 Å². The Bertz CT molecular complexity index is 1160. The van der Waals surface area contributed by atoms with Crippen LogP contribution < -0.4 is 4.72 Å². The first-order chi connectivity index (χ1) is 15.5. The van der Waals surface area contributed by atoms with Crippen molar-refractivity contribution in [3.05, 3.63) is 101 Å². The monoisotopic (exact) mass is 450 g/mol. The highest BCUT2D eigenvalue weighted by Gasteiger charge is 2.36. The summed E-state index contributed by atoms with van der Waals surface area (Å²) in [6, 6.07) is 22.6. The van der Waals surface area contributed by atoms with Gasteiger partial charge in [0.2, 0.25) is 0 Å². The van der Waals surface area contributed by atoms with Gasteiger partial charge in [-0.05, 0) is 78.1 Å². The maximum absolute atomic E-state index is 13.2. The fourth-order valence-electron chi connectivity index (χ4n) is 5.27. The minimum absolute atomic E-state index is 0.175. The molecule has 1 fully saturated rings.